The van der Waals surface area contributed by atoms with E-state index in [9.17, 15) is 4.79 Å². The number of hydrogen-bond donors (Lipinski definition) is 1. The van der Waals surface area contributed by atoms with Gasteiger partial charge < -0.3 is 5.11 Å². The molecule has 0 fully saturated rings. The number of fused-ring (bicyclic) bond motifs is 1. The highest BCUT2D eigenvalue weighted by atomic mass is 16.4. The summed E-state index contributed by atoms with van der Waals surface area (Å²) >= 11 is 0. The Balaban J connectivity index is 2.98. The second kappa shape index (κ2) is 2.83. The maximum atomic E-state index is 11.2. The molecule has 0 saturated heterocycles. The lowest BCUT2D eigenvalue weighted by Gasteiger charge is -1.98. The first kappa shape index (κ1) is 4.59. The van der Waals surface area contributed by atoms with E-state index in [2.05, 4.69) is 4.98 Å². The molecule has 0 aromatic carbocycles. The Labute approximate surface area is 87.8 Å². The van der Waals surface area contributed by atoms with Gasteiger partial charge in [-0.05, 0) is 25.4 Å². The van der Waals surface area contributed by atoms with E-state index >= 15 is 0 Å². The largest absolute Gasteiger partial charge is 0.477 e. The van der Waals surface area contributed by atoms with Crippen molar-refractivity contribution in [2.24, 2.45) is 0 Å². The van der Waals surface area contributed by atoms with Gasteiger partial charge in [-0.15, -0.1) is 0 Å². The Bertz CT molecular complexity index is 690. The van der Waals surface area contributed by atoms with Crippen molar-refractivity contribution in [3.63, 3.8) is 0 Å². The Hall–Kier alpha value is -1.84. The third-order valence-corrected chi connectivity index (χ3v) is 1.81. The fourth-order valence-electron chi connectivity index (χ4n) is 1.23. The van der Waals surface area contributed by atoms with E-state index in [1.807, 2.05) is 0 Å². The molecule has 0 aliphatic carbocycles. The van der Waals surface area contributed by atoms with Crippen molar-refractivity contribution in [3.8, 4) is 0 Å². The molecule has 2 heterocycles. The first-order chi connectivity index (χ1) is 8.64. The third-order valence-electron chi connectivity index (χ3n) is 1.81. The molecule has 0 bridgehead atoms. The quantitative estimate of drug-likeness (QED) is 0.752. The number of aryl methyl sites for hydroxylation is 2. The summed E-state index contributed by atoms with van der Waals surface area (Å²) in [5.74, 6) is -1.44. The van der Waals surface area contributed by atoms with Crippen LogP contribution in [0.4, 0.5) is 0 Å². The average Bonchev–Trinajstić information content (AvgIpc) is 2.65. The van der Waals surface area contributed by atoms with Gasteiger partial charge >= 0.3 is 5.97 Å². The lowest BCUT2D eigenvalue weighted by atomic mass is 10.3. The van der Waals surface area contributed by atoms with Gasteiger partial charge in [-0.3, -0.25) is 4.40 Å². The highest BCUT2D eigenvalue weighted by molar-refractivity contribution is 5.88. The van der Waals surface area contributed by atoms with Crippen molar-refractivity contribution >= 4 is 11.6 Å². The van der Waals surface area contributed by atoms with Crippen molar-refractivity contribution in [2.45, 2.75) is 13.8 Å². The predicted octanol–water partition coefficient (Wildman–Crippen LogP) is 1.65. The molecule has 72 valence electrons. The normalized spacial score (nSPS) is 16.8. The van der Waals surface area contributed by atoms with Crippen LogP contribution in [0.2, 0.25) is 0 Å². The van der Waals surface area contributed by atoms with Crippen LogP contribution in [0.1, 0.15) is 28.6 Å². The molecule has 2 aromatic heterocycles. The van der Waals surface area contributed by atoms with Gasteiger partial charge in [0.15, 0.2) is 5.69 Å². The number of rotatable bonds is 1. The minimum Gasteiger partial charge on any atom is -0.477 e. The number of carboxylic acid groups (broad SMARTS) is 1. The van der Waals surface area contributed by atoms with E-state index in [1.165, 1.54) is 6.20 Å². The summed E-state index contributed by atoms with van der Waals surface area (Å²) in [5, 5.41) is 9.15. The van der Waals surface area contributed by atoms with E-state index < -0.39 is 24.2 Å². The lowest BCUT2D eigenvalue weighted by Crippen LogP contribution is -2.03. The molecule has 0 amide bonds. The van der Waals surface area contributed by atoms with Crippen LogP contribution in [0.25, 0.3) is 5.65 Å². The van der Waals surface area contributed by atoms with Crippen LogP contribution in [0.3, 0.4) is 0 Å². The maximum Gasteiger partial charge on any atom is 0.354 e. The second-order valence-corrected chi connectivity index (χ2v) is 2.87. The number of pyridine rings is 1. The van der Waals surface area contributed by atoms with Gasteiger partial charge in [0.05, 0.1) is 8.44 Å². The van der Waals surface area contributed by atoms with Gasteiger partial charge in [-0.1, -0.05) is 6.04 Å². The number of imidazole rings is 1. The highest BCUT2D eigenvalue weighted by Crippen LogP contribution is 2.12. The summed E-state index contributed by atoms with van der Waals surface area (Å²) in [6.45, 7) is -1.15. The van der Waals surface area contributed by atoms with E-state index in [1.54, 1.807) is 6.92 Å². The Kier molecular flexibility index (Phi) is 0.930. The molecular weight excluding hydrogens is 180 g/mol. The maximum absolute atomic E-state index is 11.2. The van der Waals surface area contributed by atoms with Crippen LogP contribution in [-0.2, 0) is 0 Å². The molecule has 0 unspecified atom stereocenters. The summed E-state index contributed by atoms with van der Waals surface area (Å²) in [4.78, 5) is 15.0. The van der Waals surface area contributed by atoms with Crippen molar-refractivity contribution in [2.75, 3.05) is 0 Å². The Morgan fingerprint density at radius 1 is 1.71 bits per heavy atom. The number of carbonyl (C=O) groups is 1. The summed E-state index contributed by atoms with van der Waals surface area (Å²) in [6, 6.07) is -0.399. The highest BCUT2D eigenvalue weighted by Gasteiger charge is 2.14. The summed E-state index contributed by atoms with van der Waals surface area (Å²) in [7, 11) is 0. The number of hydrogen-bond acceptors (Lipinski definition) is 2. The standard InChI is InChI=1S/C10H10N2O2/c1-6-3-4-8-11-7(2)9(10(13)14)12(8)5-6/h3-5H,1-2H3,(H,13,14)/i2D3,3D,4D. The first-order valence-electron chi connectivity index (χ1n) is 6.37. The van der Waals surface area contributed by atoms with Gasteiger partial charge in [0.1, 0.15) is 5.65 Å². The predicted molar refractivity (Wildman–Crippen MR) is 51.6 cm³/mol. The second-order valence-electron chi connectivity index (χ2n) is 2.87. The Morgan fingerprint density at radius 2 is 2.50 bits per heavy atom. The molecule has 0 aliphatic rings. The zero-order valence-corrected chi connectivity index (χ0v) is 7.33. The van der Waals surface area contributed by atoms with Crippen LogP contribution < -0.4 is 0 Å². The molecule has 0 aliphatic heterocycles. The number of aromatic carboxylic acids is 1. The first-order valence-corrected chi connectivity index (χ1v) is 3.87. The number of aromatic nitrogens is 2. The van der Waals surface area contributed by atoms with Crippen molar-refractivity contribution in [1.29, 1.82) is 0 Å². The van der Waals surface area contributed by atoms with Crippen molar-refractivity contribution in [3.05, 3.63) is 35.2 Å². The molecule has 14 heavy (non-hydrogen) atoms. The van der Waals surface area contributed by atoms with Gasteiger partial charge in [0.2, 0.25) is 0 Å². The van der Waals surface area contributed by atoms with Crippen LogP contribution >= 0.6 is 0 Å². The molecule has 4 nitrogen and oxygen atoms in total. The topological polar surface area (TPSA) is 54.6 Å². The van der Waals surface area contributed by atoms with Crippen LogP contribution in [0.5, 0.6) is 0 Å². The molecule has 0 spiro atoms. The molecular formula is C10H10N2O2. The lowest BCUT2D eigenvalue weighted by molar-refractivity contribution is 0.0688. The van der Waals surface area contributed by atoms with Gasteiger partial charge in [-0.2, -0.15) is 0 Å². The summed E-state index contributed by atoms with van der Waals surface area (Å²) in [5.41, 5.74) is -0.835. The zero-order valence-electron chi connectivity index (χ0n) is 12.3. The third kappa shape index (κ3) is 1.16. The van der Waals surface area contributed by atoms with Crippen molar-refractivity contribution < 1.29 is 16.8 Å². The van der Waals surface area contributed by atoms with E-state index in [0.29, 0.717) is 5.56 Å². The summed E-state index contributed by atoms with van der Waals surface area (Å²) < 4.78 is 38.3. The molecule has 2 rings (SSSR count). The molecule has 4 heteroatoms. The minimum absolute atomic E-state index is 0.105. The average molecular weight is 195 g/mol. The molecule has 0 atom stereocenters. The SMILES string of the molecule is [2H]c1c(C)cn2c(C(=O)O)c(C([2H])([2H])[2H])nc2c1[2H]. The molecule has 0 radical (unpaired) electrons. The van der Waals surface area contributed by atoms with Gasteiger partial charge in [-0.25, -0.2) is 9.78 Å². The van der Waals surface area contributed by atoms with Crippen molar-refractivity contribution in [1.82, 2.24) is 9.38 Å². The summed E-state index contributed by atoms with van der Waals surface area (Å²) in [6.07, 6.45) is 1.31. The van der Waals surface area contributed by atoms with Gasteiger partial charge in [0.25, 0.3) is 0 Å². The van der Waals surface area contributed by atoms with E-state index in [4.69, 9.17) is 12.0 Å². The zero-order chi connectivity index (χ0) is 14.5. The fourth-order valence-corrected chi connectivity index (χ4v) is 1.23. The molecule has 0 saturated carbocycles. The van der Waals surface area contributed by atoms with E-state index in [0.717, 1.165) is 4.40 Å². The monoisotopic (exact) mass is 195 g/mol. The number of carboxylic acids is 1. The smallest absolute Gasteiger partial charge is 0.354 e. The van der Waals surface area contributed by atoms with Crippen LogP contribution in [0, 0.1) is 13.8 Å². The minimum atomic E-state index is -2.69. The van der Waals surface area contributed by atoms with Crippen LogP contribution in [-0.4, -0.2) is 20.5 Å². The Morgan fingerprint density at radius 3 is 3.14 bits per heavy atom. The fraction of sp³-hybridized carbons (Fsp3) is 0.200. The van der Waals surface area contributed by atoms with E-state index in [-0.39, 0.29) is 17.7 Å². The molecule has 2 aromatic rings. The van der Waals surface area contributed by atoms with Crippen LogP contribution in [0.15, 0.2) is 18.3 Å². The number of nitrogens with zero attached hydrogens (tertiary/aromatic N) is 2. The molecule has 1 N–H and O–H groups in total. The van der Waals surface area contributed by atoms with Gasteiger partial charge in [0, 0.05) is 10.3 Å².